The van der Waals surface area contributed by atoms with Crippen molar-refractivity contribution in [3.8, 4) is 0 Å². The van der Waals surface area contributed by atoms with Gasteiger partial charge in [0.05, 0.1) is 17.6 Å². The Kier molecular flexibility index (Phi) is 4.38. The van der Waals surface area contributed by atoms with Gasteiger partial charge in [-0.05, 0) is 24.6 Å². The van der Waals surface area contributed by atoms with Crippen molar-refractivity contribution in [2.24, 2.45) is 0 Å². The number of benzene rings is 1. The van der Waals surface area contributed by atoms with Crippen LogP contribution in [-0.4, -0.2) is 20.9 Å². The van der Waals surface area contributed by atoms with E-state index in [1.54, 1.807) is 6.20 Å². The summed E-state index contributed by atoms with van der Waals surface area (Å²) in [4.78, 5) is 24.8. The highest BCUT2D eigenvalue weighted by atomic mass is 16.5. The van der Waals surface area contributed by atoms with Crippen molar-refractivity contribution in [1.82, 2.24) is 15.0 Å². The number of nitrogens with zero attached hydrogens (tertiary/aromatic N) is 3. The zero-order chi connectivity index (χ0) is 16.1. The number of hydrogen-bond acceptors (Lipinski definition) is 5. The van der Waals surface area contributed by atoms with Crippen LogP contribution in [0.5, 0.6) is 0 Å². The van der Waals surface area contributed by atoms with E-state index in [-0.39, 0.29) is 5.69 Å². The monoisotopic (exact) mass is 305 g/mol. The van der Waals surface area contributed by atoms with Gasteiger partial charge in [-0.15, -0.1) is 0 Å². The number of rotatable bonds is 4. The first-order valence-corrected chi connectivity index (χ1v) is 7.19. The van der Waals surface area contributed by atoms with Crippen LogP contribution in [-0.2, 0) is 4.74 Å². The lowest BCUT2D eigenvalue weighted by Crippen LogP contribution is -2.15. The van der Waals surface area contributed by atoms with Crippen molar-refractivity contribution < 1.29 is 9.53 Å². The Morgan fingerprint density at radius 3 is 2.39 bits per heavy atom. The van der Waals surface area contributed by atoms with Crippen LogP contribution in [0.4, 0.5) is 0 Å². The molecule has 23 heavy (non-hydrogen) atoms. The number of pyridine rings is 1. The van der Waals surface area contributed by atoms with Crippen LogP contribution in [0, 0.1) is 6.92 Å². The summed E-state index contributed by atoms with van der Waals surface area (Å²) < 4.78 is 5.64. The van der Waals surface area contributed by atoms with Gasteiger partial charge in [-0.1, -0.05) is 36.4 Å². The summed E-state index contributed by atoms with van der Waals surface area (Å²) in [5.41, 5.74) is 2.42. The van der Waals surface area contributed by atoms with Gasteiger partial charge in [0.25, 0.3) is 0 Å². The maximum absolute atomic E-state index is 12.4. The summed E-state index contributed by atoms with van der Waals surface area (Å²) in [5, 5.41) is 0. The summed E-state index contributed by atoms with van der Waals surface area (Å²) >= 11 is 0. The molecule has 0 spiro atoms. The highest BCUT2D eigenvalue weighted by Gasteiger charge is 2.21. The molecule has 0 aliphatic heterocycles. The van der Waals surface area contributed by atoms with E-state index in [4.69, 9.17) is 4.74 Å². The molecule has 3 rings (SSSR count). The van der Waals surface area contributed by atoms with E-state index < -0.39 is 12.1 Å². The molecule has 0 aliphatic rings. The van der Waals surface area contributed by atoms with Crippen LogP contribution in [0.1, 0.15) is 33.5 Å². The molecule has 0 aliphatic carbocycles. The lowest BCUT2D eigenvalue weighted by atomic mass is 10.1. The molecule has 0 radical (unpaired) electrons. The second-order valence-electron chi connectivity index (χ2n) is 4.99. The predicted molar refractivity (Wildman–Crippen MR) is 84.7 cm³/mol. The van der Waals surface area contributed by atoms with Crippen LogP contribution in [0.15, 0.2) is 67.1 Å². The highest BCUT2D eigenvalue weighted by molar-refractivity contribution is 5.87. The van der Waals surface area contributed by atoms with Gasteiger partial charge in [-0.3, -0.25) is 9.97 Å². The Hall–Kier alpha value is -3.08. The summed E-state index contributed by atoms with van der Waals surface area (Å²) in [6.45, 7) is 1.81. The molecule has 1 unspecified atom stereocenters. The Bertz CT molecular complexity index is 735. The molecule has 0 bridgehead atoms. The highest BCUT2D eigenvalue weighted by Crippen LogP contribution is 2.25. The second-order valence-corrected chi connectivity index (χ2v) is 4.99. The van der Waals surface area contributed by atoms with E-state index in [1.807, 2.05) is 55.5 Å². The fourth-order valence-corrected chi connectivity index (χ4v) is 2.12. The third-order valence-electron chi connectivity index (χ3n) is 3.27. The average Bonchev–Trinajstić information content (AvgIpc) is 2.61. The zero-order valence-electron chi connectivity index (χ0n) is 12.6. The number of carbonyl (C=O) groups is 1. The zero-order valence-corrected chi connectivity index (χ0v) is 12.6. The average molecular weight is 305 g/mol. The second kappa shape index (κ2) is 6.79. The quantitative estimate of drug-likeness (QED) is 0.693. The van der Waals surface area contributed by atoms with Gasteiger partial charge in [0.15, 0.2) is 11.8 Å². The molecule has 2 aromatic heterocycles. The largest absolute Gasteiger partial charge is 0.446 e. The van der Waals surface area contributed by atoms with Crippen LogP contribution in [0.2, 0.25) is 0 Å². The standard InChI is InChI=1S/C18H15N3O2/c1-13-11-21-16(12-20-13)18(22)23-17(14-7-3-2-4-8-14)15-9-5-6-10-19-15/h2-12,17H,1H3. The van der Waals surface area contributed by atoms with Crippen molar-refractivity contribution in [3.05, 3.63) is 89.8 Å². The maximum Gasteiger partial charge on any atom is 0.359 e. The smallest absolute Gasteiger partial charge is 0.359 e. The van der Waals surface area contributed by atoms with Gasteiger partial charge in [-0.25, -0.2) is 9.78 Å². The van der Waals surface area contributed by atoms with Gasteiger partial charge in [0.2, 0.25) is 0 Å². The Morgan fingerprint density at radius 1 is 0.957 bits per heavy atom. The molecule has 5 nitrogen and oxygen atoms in total. The summed E-state index contributed by atoms with van der Waals surface area (Å²) in [7, 11) is 0. The van der Waals surface area contributed by atoms with Crippen molar-refractivity contribution in [2.45, 2.75) is 13.0 Å². The van der Waals surface area contributed by atoms with Crippen LogP contribution < -0.4 is 0 Å². The van der Waals surface area contributed by atoms with Crippen LogP contribution in [0.3, 0.4) is 0 Å². The van der Waals surface area contributed by atoms with Crippen molar-refractivity contribution in [1.29, 1.82) is 0 Å². The minimum Gasteiger partial charge on any atom is -0.446 e. The molecule has 1 atom stereocenters. The third-order valence-corrected chi connectivity index (χ3v) is 3.27. The van der Waals surface area contributed by atoms with Gasteiger partial charge < -0.3 is 4.74 Å². The van der Waals surface area contributed by atoms with Crippen molar-refractivity contribution in [2.75, 3.05) is 0 Å². The molecule has 1 aromatic carbocycles. The topological polar surface area (TPSA) is 65.0 Å². The molecule has 0 saturated heterocycles. The lowest BCUT2D eigenvalue weighted by Gasteiger charge is -2.17. The molecular formula is C18H15N3O2. The number of hydrogen-bond donors (Lipinski definition) is 0. The molecule has 0 saturated carbocycles. The molecule has 0 fully saturated rings. The van der Waals surface area contributed by atoms with E-state index in [0.717, 1.165) is 11.3 Å². The first kappa shape index (κ1) is 14.8. The first-order chi connectivity index (χ1) is 11.2. The molecule has 0 amide bonds. The van der Waals surface area contributed by atoms with Crippen molar-refractivity contribution >= 4 is 5.97 Å². The summed E-state index contributed by atoms with van der Waals surface area (Å²) in [6, 6.07) is 15.0. The number of carbonyl (C=O) groups excluding carboxylic acids is 1. The predicted octanol–water partition coefficient (Wildman–Crippen LogP) is 3.13. The Balaban J connectivity index is 1.90. The van der Waals surface area contributed by atoms with E-state index >= 15 is 0 Å². The van der Waals surface area contributed by atoms with E-state index in [0.29, 0.717) is 5.69 Å². The number of esters is 1. The Labute approximate surface area is 134 Å². The summed E-state index contributed by atoms with van der Waals surface area (Å²) in [6.07, 6.45) is 4.03. The van der Waals surface area contributed by atoms with E-state index in [2.05, 4.69) is 15.0 Å². The Morgan fingerprint density at radius 2 is 1.74 bits per heavy atom. The van der Waals surface area contributed by atoms with Gasteiger partial charge in [-0.2, -0.15) is 0 Å². The molecule has 0 N–H and O–H groups in total. The minimum absolute atomic E-state index is 0.174. The first-order valence-electron chi connectivity index (χ1n) is 7.19. The van der Waals surface area contributed by atoms with E-state index in [9.17, 15) is 4.79 Å². The normalized spacial score (nSPS) is 11.7. The molecule has 2 heterocycles. The van der Waals surface area contributed by atoms with Gasteiger partial charge >= 0.3 is 5.97 Å². The molecule has 114 valence electrons. The fourth-order valence-electron chi connectivity index (χ4n) is 2.12. The lowest BCUT2D eigenvalue weighted by molar-refractivity contribution is 0.0363. The molecular weight excluding hydrogens is 290 g/mol. The van der Waals surface area contributed by atoms with Gasteiger partial charge in [0, 0.05) is 12.4 Å². The fraction of sp³-hybridized carbons (Fsp3) is 0.111. The summed E-state index contributed by atoms with van der Waals surface area (Å²) in [5.74, 6) is -0.531. The van der Waals surface area contributed by atoms with Gasteiger partial charge in [0.1, 0.15) is 0 Å². The SMILES string of the molecule is Cc1cnc(C(=O)OC(c2ccccc2)c2ccccn2)cn1. The van der Waals surface area contributed by atoms with E-state index in [1.165, 1.54) is 12.4 Å². The van der Waals surface area contributed by atoms with Crippen LogP contribution >= 0.6 is 0 Å². The maximum atomic E-state index is 12.4. The number of aryl methyl sites for hydroxylation is 1. The molecule has 5 heteroatoms. The molecule has 3 aromatic rings. The number of ether oxygens (including phenoxy) is 1. The minimum atomic E-state index is -0.590. The number of aromatic nitrogens is 3. The van der Waals surface area contributed by atoms with Crippen molar-refractivity contribution in [3.63, 3.8) is 0 Å². The van der Waals surface area contributed by atoms with Crippen LogP contribution in [0.25, 0.3) is 0 Å². The third kappa shape index (κ3) is 3.58.